The van der Waals surface area contributed by atoms with Crippen LogP contribution in [0, 0.1) is 0 Å². The smallest absolute Gasteiger partial charge is 0.312 e. The molecule has 0 aromatic carbocycles. The van der Waals surface area contributed by atoms with Crippen molar-refractivity contribution in [1.82, 2.24) is 9.80 Å². The zero-order valence-corrected chi connectivity index (χ0v) is 9.04. The van der Waals surface area contributed by atoms with E-state index in [2.05, 4.69) is 0 Å². The first-order valence-corrected chi connectivity index (χ1v) is 4.94. The van der Waals surface area contributed by atoms with Gasteiger partial charge in [-0.15, -0.1) is 0 Å². The van der Waals surface area contributed by atoms with Gasteiger partial charge in [-0.2, -0.15) is 13.2 Å². The monoisotopic (exact) mass is 238 g/mol. The molecule has 0 aliphatic carbocycles. The highest BCUT2D eigenvalue weighted by Gasteiger charge is 2.43. The van der Waals surface area contributed by atoms with Gasteiger partial charge in [-0.1, -0.05) is 6.92 Å². The molecule has 1 saturated heterocycles. The number of carbonyl (C=O) groups is 2. The Labute approximate surface area is 91.0 Å². The summed E-state index contributed by atoms with van der Waals surface area (Å²) in [6.45, 7) is 1.73. The van der Waals surface area contributed by atoms with E-state index in [1.54, 1.807) is 13.8 Å². The van der Waals surface area contributed by atoms with Crippen LogP contribution in [0.25, 0.3) is 0 Å². The van der Waals surface area contributed by atoms with E-state index in [0.717, 1.165) is 4.90 Å². The highest BCUT2D eigenvalue weighted by atomic mass is 19.4. The third-order valence-electron chi connectivity index (χ3n) is 2.54. The van der Waals surface area contributed by atoms with Gasteiger partial charge >= 0.3 is 12.2 Å². The van der Waals surface area contributed by atoms with Crippen molar-refractivity contribution in [2.75, 3.05) is 13.1 Å². The summed E-state index contributed by atoms with van der Waals surface area (Å²) in [5.74, 6) is -0.789. The summed E-state index contributed by atoms with van der Waals surface area (Å²) in [6, 6.07) is -1.08. The molecule has 1 aliphatic heterocycles. The summed E-state index contributed by atoms with van der Waals surface area (Å²) in [7, 11) is 0. The number of hydrogen-bond acceptors (Lipinski definition) is 2. The lowest BCUT2D eigenvalue weighted by atomic mass is 10.2. The lowest BCUT2D eigenvalue weighted by molar-refractivity contribution is -0.151. The molecule has 1 heterocycles. The topological polar surface area (TPSA) is 40.6 Å². The largest absolute Gasteiger partial charge is 0.406 e. The van der Waals surface area contributed by atoms with E-state index >= 15 is 0 Å². The van der Waals surface area contributed by atoms with Gasteiger partial charge in [0.2, 0.25) is 0 Å². The van der Waals surface area contributed by atoms with E-state index in [0.29, 0.717) is 6.42 Å². The predicted octanol–water partition coefficient (Wildman–Crippen LogP) is 1.61. The first-order chi connectivity index (χ1) is 7.26. The Bertz CT molecular complexity index is 304. The molecule has 1 rings (SSSR count). The number of carbonyl (C=O) groups excluding carboxylic acids is 2. The van der Waals surface area contributed by atoms with E-state index in [9.17, 15) is 22.8 Å². The fraction of sp³-hybridized carbons (Fsp3) is 0.778. The molecule has 1 unspecified atom stereocenters. The number of imide groups is 1. The van der Waals surface area contributed by atoms with Crippen molar-refractivity contribution in [3.63, 3.8) is 0 Å². The number of urea groups is 1. The lowest BCUT2D eigenvalue weighted by Gasteiger charge is -2.22. The number of rotatable bonds is 3. The van der Waals surface area contributed by atoms with Gasteiger partial charge in [0.05, 0.1) is 0 Å². The molecule has 0 radical (unpaired) electrons. The normalized spacial score (nSPS) is 19.6. The minimum Gasteiger partial charge on any atom is -0.312 e. The van der Waals surface area contributed by atoms with Gasteiger partial charge in [0.25, 0.3) is 5.91 Å². The summed E-state index contributed by atoms with van der Waals surface area (Å²) in [4.78, 5) is 24.2. The first kappa shape index (κ1) is 12.8. The van der Waals surface area contributed by atoms with Gasteiger partial charge in [-0.05, 0) is 13.3 Å². The minimum absolute atomic E-state index is 0.227. The molecule has 0 aromatic heterocycles. The molecule has 7 heteroatoms. The number of amides is 3. The van der Waals surface area contributed by atoms with Gasteiger partial charge in [0, 0.05) is 6.04 Å². The van der Waals surface area contributed by atoms with Crippen LogP contribution in [0.15, 0.2) is 0 Å². The molecular formula is C9H13F3N2O2. The SMILES string of the molecule is CCC(C)N1CC(=O)N(CC(F)(F)F)C1=O. The van der Waals surface area contributed by atoms with Crippen LogP contribution in [-0.4, -0.2) is 47.0 Å². The van der Waals surface area contributed by atoms with Crippen molar-refractivity contribution >= 4 is 11.9 Å². The van der Waals surface area contributed by atoms with Gasteiger partial charge in [-0.25, -0.2) is 4.79 Å². The fourth-order valence-electron chi connectivity index (χ4n) is 1.46. The summed E-state index contributed by atoms with van der Waals surface area (Å²) < 4.78 is 36.3. The van der Waals surface area contributed by atoms with Gasteiger partial charge < -0.3 is 4.90 Å². The Morgan fingerprint density at radius 3 is 2.38 bits per heavy atom. The summed E-state index contributed by atoms with van der Waals surface area (Å²) in [6.07, 6.45) is -3.95. The number of alkyl halides is 3. The third-order valence-corrected chi connectivity index (χ3v) is 2.54. The van der Waals surface area contributed by atoms with E-state index < -0.39 is 24.7 Å². The van der Waals surface area contributed by atoms with Crippen molar-refractivity contribution in [2.45, 2.75) is 32.5 Å². The molecule has 1 fully saturated rings. The van der Waals surface area contributed by atoms with E-state index in [1.165, 1.54) is 0 Å². The average molecular weight is 238 g/mol. The second kappa shape index (κ2) is 4.31. The molecule has 4 nitrogen and oxygen atoms in total. The van der Waals surface area contributed by atoms with E-state index in [-0.39, 0.29) is 17.5 Å². The molecule has 0 aromatic rings. The molecule has 3 amide bonds. The molecule has 0 N–H and O–H groups in total. The first-order valence-electron chi connectivity index (χ1n) is 4.94. The van der Waals surface area contributed by atoms with E-state index in [4.69, 9.17) is 0 Å². The Kier molecular flexibility index (Phi) is 3.44. The van der Waals surface area contributed by atoms with Crippen molar-refractivity contribution in [3.8, 4) is 0 Å². The Balaban J connectivity index is 2.75. The van der Waals surface area contributed by atoms with Crippen LogP contribution in [0.4, 0.5) is 18.0 Å². The highest BCUT2D eigenvalue weighted by molar-refractivity contribution is 6.02. The van der Waals surface area contributed by atoms with Crippen LogP contribution >= 0.6 is 0 Å². The molecule has 16 heavy (non-hydrogen) atoms. The molecular weight excluding hydrogens is 225 g/mol. The number of hydrogen-bond donors (Lipinski definition) is 0. The standard InChI is InChI=1S/C9H13F3N2O2/c1-3-6(2)13-4-7(15)14(8(13)16)5-9(10,11)12/h6H,3-5H2,1-2H3. The molecule has 1 atom stereocenters. The Morgan fingerprint density at radius 1 is 1.38 bits per heavy atom. The van der Waals surface area contributed by atoms with Crippen molar-refractivity contribution in [1.29, 1.82) is 0 Å². The molecule has 0 saturated carbocycles. The van der Waals surface area contributed by atoms with Crippen LogP contribution in [0.1, 0.15) is 20.3 Å². The highest BCUT2D eigenvalue weighted by Crippen LogP contribution is 2.22. The maximum Gasteiger partial charge on any atom is 0.406 e. The minimum atomic E-state index is -4.54. The van der Waals surface area contributed by atoms with Crippen molar-refractivity contribution in [2.24, 2.45) is 0 Å². The predicted molar refractivity (Wildman–Crippen MR) is 49.6 cm³/mol. The van der Waals surface area contributed by atoms with Crippen LogP contribution < -0.4 is 0 Å². The zero-order chi connectivity index (χ0) is 12.5. The lowest BCUT2D eigenvalue weighted by Crippen LogP contribution is -2.41. The average Bonchev–Trinajstić information content (AvgIpc) is 2.42. The van der Waals surface area contributed by atoms with E-state index in [1.807, 2.05) is 0 Å². The van der Waals surface area contributed by atoms with Crippen LogP contribution in [-0.2, 0) is 4.79 Å². The van der Waals surface area contributed by atoms with Gasteiger partial charge in [0.1, 0.15) is 13.1 Å². The Hall–Kier alpha value is -1.27. The summed E-state index contributed by atoms with van der Waals surface area (Å²) in [5.41, 5.74) is 0. The van der Waals surface area contributed by atoms with Gasteiger partial charge in [-0.3, -0.25) is 9.69 Å². The maximum absolute atomic E-state index is 12.1. The van der Waals surface area contributed by atoms with Crippen molar-refractivity contribution in [3.05, 3.63) is 0 Å². The van der Waals surface area contributed by atoms with Crippen LogP contribution in [0.2, 0.25) is 0 Å². The molecule has 92 valence electrons. The van der Waals surface area contributed by atoms with Crippen molar-refractivity contribution < 1.29 is 22.8 Å². The zero-order valence-electron chi connectivity index (χ0n) is 9.04. The van der Waals surface area contributed by atoms with Gasteiger partial charge in [0.15, 0.2) is 0 Å². The summed E-state index contributed by atoms with van der Waals surface area (Å²) >= 11 is 0. The van der Waals surface area contributed by atoms with Crippen LogP contribution in [0.3, 0.4) is 0 Å². The maximum atomic E-state index is 12.1. The fourth-order valence-corrected chi connectivity index (χ4v) is 1.46. The second-order valence-electron chi connectivity index (χ2n) is 3.76. The second-order valence-corrected chi connectivity index (χ2v) is 3.76. The summed E-state index contributed by atoms with van der Waals surface area (Å²) in [5, 5.41) is 0. The molecule has 1 aliphatic rings. The molecule has 0 spiro atoms. The molecule has 0 bridgehead atoms. The van der Waals surface area contributed by atoms with Crippen LogP contribution in [0.5, 0.6) is 0 Å². The number of nitrogens with zero attached hydrogens (tertiary/aromatic N) is 2. The quantitative estimate of drug-likeness (QED) is 0.701. The third kappa shape index (κ3) is 2.65. The Morgan fingerprint density at radius 2 is 1.94 bits per heavy atom. The number of halogens is 3.